The van der Waals surface area contributed by atoms with Crippen LogP contribution in [0.15, 0.2) is 6.07 Å². The van der Waals surface area contributed by atoms with Crippen molar-refractivity contribution in [1.82, 2.24) is 0 Å². The van der Waals surface area contributed by atoms with Crippen LogP contribution in [0.4, 0.5) is 0 Å². The van der Waals surface area contributed by atoms with E-state index in [4.69, 9.17) is 14.6 Å². The van der Waals surface area contributed by atoms with Crippen LogP contribution in [0, 0.1) is 13.8 Å². The van der Waals surface area contributed by atoms with Crippen LogP contribution in [0.5, 0.6) is 11.5 Å². The van der Waals surface area contributed by atoms with Gasteiger partial charge in [0.25, 0.3) is 0 Å². The maximum Gasteiger partial charge on any atom is 0.128 e. The Bertz CT molecular complexity index is 438. The SMILES string of the molecule is COc1cc(C(C)(O)CCCO)c(OC)c(C)c1C. The second-order valence-electron chi connectivity index (χ2n) is 5.01. The molecular formula is C15H24O4. The minimum Gasteiger partial charge on any atom is -0.496 e. The fourth-order valence-corrected chi connectivity index (χ4v) is 2.30. The Morgan fingerprint density at radius 2 is 1.79 bits per heavy atom. The molecule has 0 bridgehead atoms. The zero-order valence-electron chi connectivity index (χ0n) is 12.4. The Labute approximate surface area is 115 Å². The van der Waals surface area contributed by atoms with Gasteiger partial charge < -0.3 is 19.7 Å². The van der Waals surface area contributed by atoms with Crippen LogP contribution in [0.25, 0.3) is 0 Å². The van der Waals surface area contributed by atoms with Gasteiger partial charge in [0.1, 0.15) is 11.5 Å². The Morgan fingerprint density at radius 3 is 2.26 bits per heavy atom. The van der Waals surface area contributed by atoms with Crippen molar-refractivity contribution < 1.29 is 19.7 Å². The summed E-state index contributed by atoms with van der Waals surface area (Å²) in [4.78, 5) is 0. The second-order valence-corrected chi connectivity index (χ2v) is 5.01. The Balaban J connectivity index is 3.36. The molecule has 0 aliphatic carbocycles. The third-order valence-electron chi connectivity index (χ3n) is 3.62. The highest BCUT2D eigenvalue weighted by molar-refractivity contribution is 5.54. The van der Waals surface area contributed by atoms with E-state index in [1.165, 1.54) is 0 Å². The standard InChI is InChI=1S/C15H24O4/c1-10-11(2)14(19-5)12(9-13(10)18-4)15(3,17)7-6-8-16/h9,16-17H,6-8H2,1-5H3. The summed E-state index contributed by atoms with van der Waals surface area (Å²) in [6.45, 7) is 5.69. The maximum atomic E-state index is 10.6. The molecule has 0 spiro atoms. The van der Waals surface area contributed by atoms with E-state index in [1.54, 1.807) is 21.1 Å². The lowest BCUT2D eigenvalue weighted by molar-refractivity contribution is 0.0376. The van der Waals surface area contributed by atoms with Gasteiger partial charge in [-0.15, -0.1) is 0 Å². The number of rotatable bonds is 6. The Kier molecular flexibility index (Phi) is 5.20. The smallest absolute Gasteiger partial charge is 0.128 e. The number of aliphatic hydroxyl groups is 2. The fraction of sp³-hybridized carbons (Fsp3) is 0.600. The zero-order valence-corrected chi connectivity index (χ0v) is 12.4. The van der Waals surface area contributed by atoms with Gasteiger partial charge in [-0.05, 0) is 50.8 Å². The lowest BCUT2D eigenvalue weighted by Gasteiger charge is -2.28. The van der Waals surface area contributed by atoms with Crippen molar-refractivity contribution in [1.29, 1.82) is 0 Å². The maximum absolute atomic E-state index is 10.6. The van der Waals surface area contributed by atoms with Gasteiger partial charge >= 0.3 is 0 Å². The topological polar surface area (TPSA) is 58.9 Å². The highest BCUT2D eigenvalue weighted by atomic mass is 16.5. The van der Waals surface area contributed by atoms with Crippen molar-refractivity contribution in [3.8, 4) is 11.5 Å². The molecule has 0 aliphatic heterocycles. The van der Waals surface area contributed by atoms with Crippen molar-refractivity contribution >= 4 is 0 Å². The summed E-state index contributed by atoms with van der Waals surface area (Å²) in [7, 11) is 3.21. The van der Waals surface area contributed by atoms with Gasteiger partial charge in [-0.3, -0.25) is 0 Å². The van der Waals surface area contributed by atoms with E-state index < -0.39 is 5.60 Å². The lowest BCUT2D eigenvalue weighted by atomic mass is 9.87. The molecule has 0 saturated carbocycles. The van der Waals surface area contributed by atoms with Crippen molar-refractivity contribution in [3.63, 3.8) is 0 Å². The molecule has 19 heavy (non-hydrogen) atoms. The summed E-state index contributed by atoms with van der Waals surface area (Å²) in [6.07, 6.45) is 0.997. The molecule has 0 heterocycles. The molecule has 4 heteroatoms. The van der Waals surface area contributed by atoms with Crippen molar-refractivity contribution in [2.45, 2.75) is 39.2 Å². The first-order chi connectivity index (χ1) is 8.88. The molecule has 1 rings (SSSR count). The number of benzene rings is 1. The van der Waals surface area contributed by atoms with Crippen molar-refractivity contribution in [2.75, 3.05) is 20.8 Å². The van der Waals surface area contributed by atoms with E-state index in [0.29, 0.717) is 24.2 Å². The first kappa shape index (κ1) is 15.8. The number of hydrogen-bond donors (Lipinski definition) is 2. The first-order valence-electron chi connectivity index (χ1n) is 6.45. The minimum atomic E-state index is -1.06. The summed E-state index contributed by atoms with van der Waals surface area (Å²) < 4.78 is 10.8. The number of ether oxygens (including phenoxy) is 2. The van der Waals surface area contributed by atoms with Crippen LogP contribution in [-0.2, 0) is 5.60 Å². The lowest BCUT2D eigenvalue weighted by Crippen LogP contribution is -2.23. The molecule has 0 aromatic heterocycles. The highest BCUT2D eigenvalue weighted by Crippen LogP contribution is 2.40. The molecule has 2 N–H and O–H groups in total. The third kappa shape index (κ3) is 3.19. The second kappa shape index (κ2) is 6.26. The molecule has 108 valence electrons. The van der Waals surface area contributed by atoms with Gasteiger partial charge in [0.05, 0.1) is 19.8 Å². The van der Waals surface area contributed by atoms with Gasteiger partial charge in [-0.1, -0.05) is 0 Å². The van der Waals surface area contributed by atoms with Gasteiger partial charge in [0.15, 0.2) is 0 Å². The largest absolute Gasteiger partial charge is 0.496 e. The van der Waals surface area contributed by atoms with Crippen LogP contribution in [0.1, 0.15) is 36.5 Å². The van der Waals surface area contributed by atoms with Crippen LogP contribution in [-0.4, -0.2) is 31.0 Å². The van der Waals surface area contributed by atoms with Crippen molar-refractivity contribution in [3.05, 3.63) is 22.8 Å². The zero-order chi connectivity index (χ0) is 14.6. The van der Waals surface area contributed by atoms with Crippen molar-refractivity contribution in [2.24, 2.45) is 0 Å². The van der Waals surface area contributed by atoms with Gasteiger partial charge in [-0.25, -0.2) is 0 Å². The molecule has 4 nitrogen and oxygen atoms in total. The molecule has 0 saturated heterocycles. The van der Waals surface area contributed by atoms with E-state index in [1.807, 2.05) is 19.9 Å². The van der Waals surface area contributed by atoms with Gasteiger partial charge in [0, 0.05) is 12.2 Å². The predicted octanol–water partition coefficient (Wildman–Crippen LogP) is 2.30. The van der Waals surface area contributed by atoms with E-state index in [0.717, 1.165) is 16.9 Å². The number of aliphatic hydroxyl groups excluding tert-OH is 1. The monoisotopic (exact) mass is 268 g/mol. The molecule has 1 aromatic carbocycles. The van der Waals surface area contributed by atoms with Crippen LogP contribution < -0.4 is 9.47 Å². The molecule has 1 unspecified atom stereocenters. The summed E-state index contributed by atoms with van der Waals surface area (Å²) in [6, 6.07) is 1.82. The molecule has 1 atom stereocenters. The number of hydrogen-bond acceptors (Lipinski definition) is 4. The van der Waals surface area contributed by atoms with Crippen LogP contribution >= 0.6 is 0 Å². The molecule has 1 aromatic rings. The predicted molar refractivity (Wildman–Crippen MR) is 74.9 cm³/mol. The molecule has 0 radical (unpaired) electrons. The first-order valence-corrected chi connectivity index (χ1v) is 6.45. The number of methoxy groups -OCH3 is 2. The summed E-state index contributed by atoms with van der Waals surface area (Å²) in [5.74, 6) is 1.42. The molecule has 0 fully saturated rings. The average molecular weight is 268 g/mol. The molecule has 0 aliphatic rings. The van der Waals surface area contributed by atoms with Gasteiger partial charge in [-0.2, -0.15) is 0 Å². The van der Waals surface area contributed by atoms with Gasteiger partial charge in [0.2, 0.25) is 0 Å². The molecule has 0 amide bonds. The minimum absolute atomic E-state index is 0.0560. The van der Waals surface area contributed by atoms with E-state index in [2.05, 4.69) is 0 Å². The van der Waals surface area contributed by atoms with E-state index >= 15 is 0 Å². The Morgan fingerprint density at radius 1 is 1.16 bits per heavy atom. The normalized spacial score (nSPS) is 14.1. The third-order valence-corrected chi connectivity index (χ3v) is 3.62. The Hall–Kier alpha value is -1.26. The average Bonchev–Trinajstić information content (AvgIpc) is 2.39. The summed E-state index contributed by atoms with van der Waals surface area (Å²) in [5.41, 5.74) is 1.60. The van der Waals surface area contributed by atoms with E-state index in [-0.39, 0.29) is 6.61 Å². The molecular weight excluding hydrogens is 244 g/mol. The van der Waals surface area contributed by atoms with E-state index in [9.17, 15) is 5.11 Å². The summed E-state index contributed by atoms with van der Waals surface area (Å²) in [5, 5.41) is 19.6. The quantitative estimate of drug-likeness (QED) is 0.831. The van der Waals surface area contributed by atoms with Crippen LogP contribution in [0.3, 0.4) is 0 Å². The summed E-state index contributed by atoms with van der Waals surface area (Å²) >= 11 is 0. The highest BCUT2D eigenvalue weighted by Gasteiger charge is 2.29. The van der Waals surface area contributed by atoms with Crippen LogP contribution in [0.2, 0.25) is 0 Å². The fourth-order valence-electron chi connectivity index (χ4n) is 2.30.